The molecule has 0 bridgehead atoms. The number of aryl methyl sites for hydroxylation is 4. The number of benzene rings is 2. The third kappa shape index (κ3) is 3.03. The Bertz CT molecular complexity index is 1010. The third-order valence-corrected chi connectivity index (χ3v) is 5.23. The molecule has 3 aromatic rings. The SMILES string of the molecule is Cc1ccc2c(c1)Oc1cc(C)nnc1N2c1c(C)cc(C(C)(C)C)cc1C. The quantitative estimate of drug-likeness (QED) is 0.377. The standard InChI is InChI=1S/C24H27N3O/c1-14-8-9-19-20(10-14)28-21-13-17(4)25-26-23(21)27(19)22-15(2)11-18(12-16(22)3)24(5,6)7/h8-13H,1-7H3. The van der Waals surface area contributed by atoms with E-state index in [1.54, 1.807) is 0 Å². The number of hydrogen-bond donors (Lipinski definition) is 0. The Morgan fingerprint density at radius 3 is 2.14 bits per heavy atom. The van der Waals surface area contributed by atoms with E-state index < -0.39 is 0 Å². The molecule has 1 aromatic heterocycles. The highest BCUT2D eigenvalue weighted by Gasteiger charge is 2.30. The van der Waals surface area contributed by atoms with Crippen molar-refractivity contribution in [1.29, 1.82) is 0 Å². The normalized spacial score (nSPS) is 13.0. The molecular formula is C24H27N3O. The Morgan fingerprint density at radius 1 is 0.821 bits per heavy atom. The van der Waals surface area contributed by atoms with Crippen LogP contribution in [0.5, 0.6) is 11.5 Å². The number of hydrogen-bond acceptors (Lipinski definition) is 4. The highest BCUT2D eigenvalue weighted by atomic mass is 16.5. The van der Waals surface area contributed by atoms with Gasteiger partial charge in [-0.2, -0.15) is 5.10 Å². The van der Waals surface area contributed by atoms with Gasteiger partial charge in [-0.3, -0.25) is 4.90 Å². The molecule has 0 aliphatic carbocycles. The molecule has 2 heterocycles. The van der Waals surface area contributed by atoms with Crippen molar-refractivity contribution in [2.24, 2.45) is 0 Å². The molecule has 4 nitrogen and oxygen atoms in total. The molecule has 0 amide bonds. The molecule has 1 aliphatic rings. The number of ether oxygens (including phenoxy) is 1. The van der Waals surface area contributed by atoms with Crippen LogP contribution in [0.3, 0.4) is 0 Å². The van der Waals surface area contributed by atoms with Gasteiger partial charge in [-0.1, -0.05) is 39.0 Å². The average Bonchev–Trinajstić information content (AvgIpc) is 2.59. The fourth-order valence-corrected chi connectivity index (χ4v) is 3.78. The lowest BCUT2D eigenvalue weighted by Gasteiger charge is -2.34. The summed E-state index contributed by atoms with van der Waals surface area (Å²) in [5.74, 6) is 2.32. The Morgan fingerprint density at radius 2 is 1.50 bits per heavy atom. The molecule has 4 heteroatoms. The van der Waals surface area contributed by atoms with Crippen LogP contribution >= 0.6 is 0 Å². The minimum atomic E-state index is 0.100. The first kappa shape index (κ1) is 18.5. The molecule has 28 heavy (non-hydrogen) atoms. The molecule has 0 saturated heterocycles. The van der Waals surface area contributed by atoms with E-state index in [1.807, 2.05) is 13.0 Å². The second kappa shape index (κ2) is 6.33. The number of nitrogens with zero attached hydrogens (tertiary/aromatic N) is 3. The van der Waals surface area contributed by atoms with E-state index in [9.17, 15) is 0 Å². The lowest BCUT2D eigenvalue weighted by molar-refractivity contribution is 0.470. The van der Waals surface area contributed by atoms with Gasteiger partial charge < -0.3 is 4.74 Å². The maximum atomic E-state index is 6.20. The van der Waals surface area contributed by atoms with Crippen molar-refractivity contribution in [3.8, 4) is 11.5 Å². The van der Waals surface area contributed by atoms with E-state index >= 15 is 0 Å². The molecule has 0 fully saturated rings. The summed E-state index contributed by atoms with van der Waals surface area (Å²) in [6.45, 7) is 15.1. The molecule has 1 aliphatic heterocycles. The Labute approximate surface area is 167 Å². The van der Waals surface area contributed by atoms with Gasteiger partial charge in [0.05, 0.1) is 17.1 Å². The molecule has 2 aromatic carbocycles. The first-order valence-electron chi connectivity index (χ1n) is 9.70. The van der Waals surface area contributed by atoms with E-state index in [4.69, 9.17) is 4.74 Å². The highest BCUT2D eigenvalue weighted by Crippen LogP contribution is 2.51. The molecular weight excluding hydrogens is 346 g/mol. The average molecular weight is 374 g/mol. The van der Waals surface area contributed by atoms with Gasteiger partial charge in [0.2, 0.25) is 5.82 Å². The monoisotopic (exact) mass is 373 g/mol. The summed E-state index contributed by atoms with van der Waals surface area (Å²) in [6, 6.07) is 12.8. The topological polar surface area (TPSA) is 38.3 Å². The summed E-state index contributed by atoms with van der Waals surface area (Å²) < 4.78 is 6.20. The van der Waals surface area contributed by atoms with Crippen LogP contribution in [-0.2, 0) is 5.41 Å². The highest BCUT2D eigenvalue weighted by molar-refractivity contribution is 5.86. The van der Waals surface area contributed by atoms with E-state index in [-0.39, 0.29) is 5.41 Å². The maximum absolute atomic E-state index is 6.20. The molecule has 0 spiro atoms. The minimum Gasteiger partial charge on any atom is -0.451 e. The number of fused-ring (bicyclic) bond motifs is 2. The van der Waals surface area contributed by atoms with Gasteiger partial charge >= 0.3 is 0 Å². The maximum Gasteiger partial charge on any atom is 0.203 e. The molecule has 144 valence electrons. The molecule has 0 N–H and O–H groups in total. The summed E-state index contributed by atoms with van der Waals surface area (Å²) >= 11 is 0. The van der Waals surface area contributed by atoms with Gasteiger partial charge in [0.15, 0.2) is 11.5 Å². The Kier molecular flexibility index (Phi) is 4.18. The van der Waals surface area contributed by atoms with Gasteiger partial charge in [-0.25, -0.2) is 0 Å². The molecule has 0 saturated carbocycles. The predicted octanol–water partition coefficient (Wildman–Crippen LogP) is 6.58. The van der Waals surface area contributed by atoms with Crippen molar-refractivity contribution in [3.05, 3.63) is 64.3 Å². The summed E-state index contributed by atoms with van der Waals surface area (Å²) in [4.78, 5) is 2.19. The second-order valence-electron chi connectivity index (χ2n) is 8.79. The fraction of sp³-hybridized carbons (Fsp3) is 0.333. The second-order valence-corrected chi connectivity index (χ2v) is 8.79. The van der Waals surface area contributed by atoms with Crippen molar-refractivity contribution in [2.75, 3.05) is 4.90 Å². The predicted molar refractivity (Wildman–Crippen MR) is 114 cm³/mol. The lowest BCUT2D eigenvalue weighted by atomic mass is 9.84. The van der Waals surface area contributed by atoms with Gasteiger partial charge in [-0.15, -0.1) is 5.10 Å². The van der Waals surface area contributed by atoms with Crippen LogP contribution in [0.25, 0.3) is 0 Å². The molecule has 0 radical (unpaired) electrons. The first-order chi connectivity index (χ1) is 13.1. The zero-order valence-corrected chi connectivity index (χ0v) is 17.7. The van der Waals surface area contributed by atoms with Crippen molar-refractivity contribution in [1.82, 2.24) is 10.2 Å². The van der Waals surface area contributed by atoms with E-state index in [0.29, 0.717) is 0 Å². The van der Waals surface area contributed by atoms with Crippen LogP contribution in [0.2, 0.25) is 0 Å². The Balaban J connectivity index is 1.98. The fourth-order valence-electron chi connectivity index (χ4n) is 3.78. The van der Waals surface area contributed by atoms with Crippen molar-refractivity contribution < 1.29 is 4.74 Å². The summed E-state index contributed by atoms with van der Waals surface area (Å²) in [7, 11) is 0. The zero-order valence-electron chi connectivity index (χ0n) is 17.7. The first-order valence-corrected chi connectivity index (χ1v) is 9.70. The molecule has 0 unspecified atom stereocenters. The van der Waals surface area contributed by atoms with E-state index in [1.165, 1.54) is 16.7 Å². The van der Waals surface area contributed by atoms with Crippen molar-refractivity contribution in [2.45, 2.75) is 53.9 Å². The summed E-state index contributed by atoms with van der Waals surface area (Å²) in [6.07, 6.45) is 0. The van der Waals surface area contributed by atoms with Gasteiger partial charge in [0, 0.05) is 6.07 Å². The van der Waals surface area contributed by atoms with Crippen LogP contribution in [0, 0.1) is 27.7 Å². The Hall–Kier alpha value is -2.88. The lowest BCUT2D eigenvalue weighted by Crippen LogP contribution is -2.21. The van der Waals surface area contributed by atoms with Crippen LogP contribution in [-0.4, -0.2) is 10.2 Å². The summed E-state index contributed by atoms with van der Waals surface area (Å²) in [5, 5.41) is 8.81. The zero-order chi connectivity index (χ0) is 20.2. The minimum absolute atomic E-state index is 0.100. The number of aromatic nitrogens is 2. The van der Waals surface area contributed by atoms with Crippen molar-refractivity contribution in [3.63, 3.8) is 0 Å². The molecule has 0 atom stereocenters. The van der Waals surface area contributed by atoms with E-state index in [0.717, 1.165) is 39.9 Å². The van der Waals surface area contributed by atoms with E-state index in [2.05, 4.69) is 87.0 Å². The van der Waals surface area contributed by atoms with Gasteiger partial charge in [-0.05, 0) is 67.5 Å². The smallest absolute Gasteiger partial charge is 0.203 e. The summed E-state index contributed by atoms with van der Waals surface area (Å²) in [5.41, 5.74) is 8.00. The van der Waals surface area contributed by atoms with Crippen LogP contribution < -0.4 is 9.64 Å². The van der Waals surface area contributed by atoms with Crippen LogP contribution in [0.1, 0.15) is 48.7 Å². The van der Waals surface area contributed by atoms with Gasteiger partial charge in [0.1, 0.15) is 0 Å². The third-order valence-electron chi connectivity index (χ3n) is 5.23. The number of rotatable bonds is 1. The molecule has 4 rings (SSSR count). The van der Waals surface area contributed by atoms with Gasteiger partial charge in [0.25, 0.3) is 0 Å². The van der Waals surface area contributed by atoms with Crippen LogP contribution in [0.4, 0.5) is 17.2 Å². The number of anilines is 3. The largest absolute Gasteiger partial charge is 0.451 e. The van der Waals surface area contributed by atoms with Crippen molar-refractivity contribution >= 4 is 17.2 Å². The van der Waals surface area contributed by atoms with Crippen LogP contribution in [0.15, 0.2) is 36.4 Å².